The van der Waals surface area contributed by atoms with Crippen molar-refractivity contribution in [3.8, 4) is 0 Å². The van der Waals surface area contributed by atoms with Gasteiger partial charge in [0, 0.05) is 43.9 Å². The molecule has 3 rings (SSSR count). The van der Waals surface area contributed by atoms with Gasteiger partial charge in [0.25, 0.3) is 5.91 Å². The molecule has 4 N–H and O–H groups in total. The fraction of sp³-hybridized carbons (Fsp3) is 0.391. The first-order valence-electron chi connectivity index (χ1n) is 10.5. The highest BCUT2D eigenvalue weighted by Crippen LogP contribution is 2.28. The summed E-state index contributed by atoms with van der Waals surface area (Å²) in [7, 11) is 0. The number of rotatable bonds is 9. The maximum Gasteiger partial charge on any atom is 0.254 e. The summed E-state index contributed by atoms with van der Waals surface area (Å²) in [4.78, 5) is 14.9. The number of hydrogen-bond acceptors (Lipinski definition) is 5. The molecule has 0 spiro atoms. The molecule has 1 aliphatic rings. The van der Waals surface area contributed by atoms with Gasteiger partial charge in [-0.3, -0.25) is 15.1 Å². The molecule has 7 nitrogen and oxygen atoms in total. The van der Waals surface area contributed by atoms with Crippen LogP contribution in [0.2, 0.25) is 0 Å². The van der Waals surface area contributed by atoms with Gasteiger partial charge in [-0.1, -0.05) is 30.3 Å². The van der Waals surface area contributed by atoms with Crippen LogP contribution >= 0.6 is 0 Å². The second-order valence-electron chi connectivity index (χ2n) is 7.49. The second kappa shape index (κ2) is 11.1. The number of carbonyl (C=O) groups is 1. The number of nitrogens with two attached hydrogens (primary N) is 1. The Morgan fingerprint density at radius 2 is 1.91 bits per heavy atom. The normalized spacial score (nSPS) is 15.3. The summed E-state index contributed by atoms with van der Waals surface area (Å²) in [5.74, 6) is -2.28. The standard InChI is InChI=1S/C23H28F2N4O3/c1-2-32-21(23(30)28-13-15-3-5-16(6-4-15)22(26)27)19-18(24)8-7-17(20(19)25)14-29-9-11-31-12-10-29/h3-8,21H,2,9-14H2,1H3,(H3,26,27)(H,28,30). The molecular formula is C23H28F2N4O3. The number of halogens is 2. The van der Waals surface area contributed by atoms with E-state index in [0.717, 1.165) is 5.56 Å². The number of amides is 1. The first-order chi connectivity index (χ1) is 15.4. The van der Waals surface area contributed by atoms with E-state index in [4.69, 9.17) is 20.6 Å². The van der Waals surface area contributed by atoms with Crippen molar-refractivity contribution in [3.05, 3.63) is 70.3 Å². The number of hydrogen-bond donors (Lipinski definition) is 3. The van der Waals surface area contributed by atoms with Gasteiger partial charge in [-0.25, -0.2) is 8.78 Å². The zero-order valence-electron chi connectivity index (χ0n) is 18.0. The third-order valence-electron chi connectivity index (χ3n) is 5.27. The quantitative estimate of drug-likeness (QED) is 0.406. The van der Waals surface area contributed by atoms with Crippen LogP contribution in [0.1, 0.15) is 35.3 Å². The van der Waals surface area contributed by atoms with Crippen LogP contribution in [0.25, 0.3) is 0 Å². The molecule has 2 aromatic rings. The molecule has 0 bridgehead atoms. The molecule has 0 aliphatic carbocycles. The largest absolute Gasteiger partial charge is 0.384 e. The van der Waals surface area contributed by atoms with Crippen LogP contribution in [0.15, 0.2) is 36.4 Å². The molecule has 1 amide bonds. The van der Waals surface area contributed by atoms with Crippen molar-refractivity contribution in [2.24, 2.45) is 5.73 Å². The predicted molar refractivity (Wildman–Crippen MR) is 116 cm³/mol. The maximum absolute atomic E-state index is 15.3. The van der Waals surface area contributed by atoms with Crippen LogP contribution in [0.3, 0.4) is 0 Å². The van der Waals surface area contributed by atoms with E-state index in [2.05, 4.69) is 5.32 Å². The van der Waals surface area contributed by atoms with Gasteiger partial charge in [0.15, 0.2) is 6.10 Å². The van der Waals surface area contributed by atoms with Crippen molar-refractivity contribution in [3.63, 3.8) is 0 Å². The van der Waals surface area contributed by atoms with Crippen molar-refractivity contribution in [2.75, 3.05) is 32.9 Å². The summed E-state index contributed by atoms with van der Waals surface area (Å²) in [6, 6.07) is 9.35. The SMILES string of the molecule is CCOC(C(=O)NCc1ccc(C(=N)N)cc1)c1c(F)ccc(CN2CCOCC2)c1F. The summed E-state index contributed by atoms with van der Waals surface area (Å²) in [6.45, 7) is 4.64. The Balaban J connectivity index is 1.76. The Bertz CT molecular complexity index is 947. The predicted octanol–water partition coefficient (Wildman–Crippen LogP) is 2.48. The minimum Gasteiger partial charge on any atom is -0.384 e. The Morgan fingerprint density at radius 1 is 1.22 bits per heavy atom. The number of carbonyl (C=O) groups excluding carboxylic acids is 1. The van der Waals surface area contributed by atoms with Gasteiger partial charge in [0.05, 0.1) is 18.8 Å². The lowest BCUT2D eigenvalue weighted by atomic mass is 10.0. The smallest absolute Gasteiger partial charge is 0.254 e. The van der Waals surface area contributed by atoms with E-state index >= 15 is 4.39 Å². The van der Waals surface area contributed by atoms with Gasteiger partial charge in [0.2, 0.25) is 0 Å². The van der Waals surface area contributed by atoms with E-state index in [9.17, 15) is 9.18 Å². The van der Waals surface area contributed by atoms with Crippen molar-refractivity contribution >= 4 is 11.7 Å². The molecule has 9 heteroatoms. The average Bonchev–Trinajstić information content (AvgIpc) is 2.80. The first-order valence-corrected chi connectivity index (χ1v) is 10.5. The lowest BCUT2D eigenvalue weighted by molar-refractivity contribution is -0.133. The van der Waals surface area contributed by atoms with Crippen LogP contribution < -0.4 is 11.1 Å². The van der Waals surface area contributed by atoms with Crippen LogP contribution in [0.4, 0.5) is 8.78 Å². The van der Waals surface area contributed by atoms with E-state index in [0.29, 0.717) is 44.0 Å². The maximum atomic E-state index is 15.3. The van der Waals surface area contributed by atoms with Gasteiger partial charge in [-0.15, -0.1) is 0 Å². The number of amidine groups is 1. The number of nitrogens with one attached hydrogen (secondary N) is 2. The molecule has 1 saturated heterocycles. The highest BCUT2D eigenvalue weighted by molar-refractivity contribution is 5.94. The van der Waals surface area contributed by atoms with E-state index in [1.54, 1.807) is 31.2 Å². The molecule has 0 aromatic heterocycles. The average molecular weight is 446 g/mol. The molecule has 1 unspecified atom stereocenters. The van der Waals surface area contributed by atoms with Crippen LogP contribution in [-0.2, 0) is 27.4 Å². The fourth-order valence-corrected chi connectivity index (χ4v) is 3.52. The summed E-state index contributed by atoms with van der Waals surface area (Å²) >= 11 is 0. The summed E-state index contributed by atoms with van der Waals surface area (Å²) < 4.78 is 40.7. The molecule has 0 radical (unpaired) electrons. The summed E-state index contributed by atoms with van der Waals surface area (Å²) in [5.41, 5.74) is 6.67. The summed E-state index contributed by atoms with van der Waals surface area (Å²) in [5, 5.41) is 10.1. The number of nitrogens with zero attached hydrogens (tertiary/aromatic N) is 1. The van der Waals surface area contributed by atoms with E-state index in [1.807, 2.05) is 4.90 Å². The highest BCUT2D eigenvalue weighted by Gasteiger charge is 2.29. The number of nitrogen functional groups attached to an aromatic ring is 1. The fourth-order valence-electron chi connectivity index (χ4n) is 3.52. The third kappa shape index (κ3) is 5.87. The molecule has 1 heterocycles. The Hall–Kier alpha value is -2.88. The Morgan fingerprint density at radius 3 is 2.53 bits per heavy atom. The van der Waals surface area contributed by atoms with Crippen molar-refractivity contribution in [1.29, 1.82) is 5.41 Å². The van der Waals surface area contributed by atoms with Gasteiger partial charge in [-0.2, -0.15) is 0 Å². The molecule has 1 aliphatic heterocycles. The van der Waals surface area contributed by atoms with Gasteiger partial charge in [0.1, 0.15) is 17.5 Å². The number of ether oxygens (including phenoxy) is 2. The molecular weight excluding hydrogens is 418 g/mol. The van der Waals surface area contributed by atoms with Gasteiger partial charge in [-0.05, 0) is 18.6 Å². The molecule has 32 heavy (non-hydrogen) atoms. The summed E-state index contributed by atoms with van der Waals surface area (Å²) in [6.07, 6.45) is -1.42. The van der Waals surface area contributed by atoms with Crippen molar-refractivity contribution in [1.82, 2.24) is 10.2 Å². The van der Waals surface area contributed by atoms with E-state index in [1.165, 1.54) is 12.1 Å². The van der Waals surface area contributed by atoms with Crippen LogP contribution in [0.5, 0.6) is 0 Å². The second-order valence-corrected chi connectivity index (χ2v) is 7.49. The van der Waals surface area contributed by atoms with Crippen molar-refractivity contribution < 1.29 is 23.0 Å². The van der Waals surface area contributed by atoms with Gasteiger partial charge >= 0.3 is 0 Å². The topological polar surface area (TPSA) is 101 Å². The Kier molecular flexibility index (Phi) is 8.26. The molecule has 0 saturated carbocycles. The zero-order chi connectivity index (χ0) is 23.1. The Labute approximate surface area is 186 Å². The van der Waals surface area contributed by atoms with Gasteiger partial charge < -0.3 is 20.5 Å². The number of morpholine rings is 1. The lowest BCUT2D eigenvalue weighted by Gasteiger charge is -2.27. The van der Waals surface area contributed by atoms with E-state index in [-0.39, 0.29) is 24.6 Å². The lowest BCUT2D eigenvalue weighted by Crippen LogP contribution is -2.36. The minimum absolute atomic E-state index is 0.0556. The monoisotopic (exact) mass is 446 g/mol. The molecule has 1 atom stereocenters. The zero-order valence-corrected chi connectivity index (χ0v) is 18.0. The molecule has 2 aromatic carbocycles. The third-order valence-corrected chi connectivity index (χ3v) is 5.27. The molecule has 1 fully saturated rings. The van der Waals surface area contributed by atoms with Crippen LogP contribution in [0, 0.1) is 17.0 Å². The van der Waals surface area contributed by atoms with E-state index < -0.39 is 23.6 Å². The first kappa shape index (κ1) is 23.8. The number of benzene rings is 2. The molecule has 172 valence electrons. The minimum atomic E-state index is -1.42. The highest BCUT2D eigenvalue weighted by atomic mass is 19.1. The van der Waals surface area contributed by atoms with Crippen LogP contribution in [-0.4, -0.2) is 49.6 Å². The van der Waals surface area contributed by atoms with Crippen molar-refractivity contribution in [2.45, 2.75) is 26.1 Å².